The summed E-state index contributed by atoms with van der Waals surface area (Å²) in [5, 5.41) is 3.17. The number of carbonyl (C=O) groups is 1. The molecule has 2 aliphatic rings. The quantitative estimate of drug-likeness (QED) is 0.848. The zero-order valence-electron chi connectivity index (χ0n) is 12.4. The fourth-order valence-corrected chi connectivity index (χ4v) is 3.12. The summed E-state index contributed by atoms with van der Waals surface area (Å²) in [5.41, 5.74) is 0. The lowest BCUT2D eigenvalue weighted by molar-refractivity contribution is -0.134. The molecule has 2 aliphatic heterocycles. The predicted octanol–water partition coefficient (Wildman–Crippen LogP) is 1.79. The molecule has 1 N–H and O–H groups in total. The molecule has 2 rings (SSSR count). The molecule has 2 fully saturated rings. The molecule has 4 nitrogen and oxygen atoms in total. The van der Waals surface area contributed by atoms with E-state index in [1.165, 1.54) is 19.3 Å². The van der Waals surface area contributed by atoms with Crippen molar-refractivity contribution in [3.05, 3.63) is 0 Å². The lowest BCUT2D eigenvalue weighted by Crippen LogP contribution is -2.47. The molecule has 0 aromatic rings. The van der Waals surface area contributed by atoms with E-state index < -0.39 is 0 Å². The molecule has 3 atom stereocenters. The van der Waals surface area contributed by atoms with Gasteiger partial charge in [0.15, 0.2) is 0 Å². The van der Waals surface area contributed by atoms with Crippen LogP contribution in [0.25, 0.3) is 0 Å². The van der Waals surface area contributed by atoms with Gasteiger partial charge in [-0.05, 0) is 38.6 Å². The van der Waals surface area contributed by atoms with Crippen LogP contribution in [0.1, 0.15) is 45.4 Å². The number of nitrogens with zero attached hydrogens (tertiary/aromatic N) is 1. The van der Waals surface area contributed by atoms with Crippen molar-refractivity contribution >= 4 is 5.91 Å². The van der Waals surface area contributed by atoms with Crippen LogP contribution >= 0.6 is 0 Å². The van der Waals surface area contributed by atoms with Gasteiger partial charge in [-0.2, -0.15) is 0 Å². The van der Waals surface area contributed by atoms with Gasteiger partial charge in [-0.1, -0.05) is 19.8 Å². The molecular formula is C15H28N2O2. The number of amides is 1. The van der Waals surface area contributed by atoms with Crippen molar-refractivity contribution in [1.82, 2.24) is 10.2 Å². The van der Waals surface area contributed by atoms with Crippen molar-refractivity contribution in [3.8, 4) is 0 Å². The zero-order chi connectivity index (χ0) is 13.7. The molecule has 2 heterocycles. The Bertz CT molecular complexity index is 288. The van der Waals surface area contributed by atoms with E-state index in [-0.39, 0.29) is 18.1 Å². The number of nitrogens with one attached hydrogen (secondary N) is 1. The third-order valence-corrected chi connectivity index (χ3v) is 4.44. The summed E-state index contributed by atoms with van der Waals surface area (Å²) in [6.07, 6.45) is 7.08. The van der Waals surface area contributed by atoms with E-state index in [9.17, 15) is 4.79 Å². The van der Waals surface area contributed by atoms with E-state index in [1.807, 2.05) is 11.9 Å². The number of hydrogen-bond acceptors (Lipinski definition) is 3. The highest BCUT2D eigenvalue weighted by Crippen LogP contribution is 2.20. The van der Waals surface area contributed by atoms with Crippen molar-refractivity contribution in [1.29, 1.82) is 0 Å². The molecule has 0 radical (unpaired) electrons. The molecule has 0 aromatic carbocycles. The normalized spacial score (nSPS) is 33.9. The number of ether oxygens (including phenoxy) is 1. The van der Waals surface area contributed by atoms with Crippen molar-refractivity contribution in [2.45, 2.75) is 57.6 Å². The highest BCUT2D eigenvalue weighted by atomic mass is 16.5. The standard InChI is InChI=1S/C15H28N2O2/c1-12-7-8-17(15(18)14(10-12)16-2)11-13-6-4-3-5-9-19-13/h12-14,16H,3-11H2,1-2H3. The van der Waals surface area contributed by atoms with Gasteiger partial charge in [0.25, 0.3) is 0 Å². The predicted molar refractivity (Wildman–Crippen MR) is 76.0 cm³/mol. The van der Waals surface area contributed by atoms with Gasteiger partial charge in [0.1, 0.15) is 0 Å². The van der Waals surface area contributed by atoms with Crippen LogP contribution in [-0.2, 0) is 9.53 Å². The van der Waals surface area contributed by atoms with Crippen molar-refractivity contribution in [2.75, 3.05) is 26.7 Å². The third kappa shape index (κ3) is 4.18. The van der Waals surface area contributed by atoms with Crippen LogP contribution in [0.15, 0.2) is 0 Å². The first kappa shape index (κ1) is 14.8. The summed E-state index contributed by atoms with van der Waals surface area (Å²) in [4.78, 5) is 14.5. The van der Waals surface area contributed by atoms with Crippen molar-refractivity contribution in [3.63, 3.8) is 0 Å². The number of likely N-dealkylation sites (N-methyl/N-ethyl adjacent to an activating group) is 1. The minimum absolute atomic E-state index is 0.0109. The van der Waals surface area contributed by atoms with Gasteiger partial charge in [-0.15, -0.1) is 0 Å². The van der Waals surface area contributed by atoms with Gasteiger partial charge in [0.2, 0.25) is 5.91 Å². The first-order valence-electron chi connectivity index (χ1n) is 7.78. The second kappa shape index (κ2) is 7.25. The lowest BCUT2D eigenvalue weighted by atomic mass is 10.0. The Morgan fingerprint density at radius 2 is 2.16 bits per heavy atom. The SMILES string of the molecule is CNC1CC(C)CCN(CC2CCCCCO2)C1=O. The van der Waals surface area contributed by atoms with Crippen molar-refractivity contribution in [2.24, 2.45) is 5.92 Å². The summed E-state index contributed by atoms with van der Waals surface area (Å²) >= 11 is 0. The van der Waals surface area contributed by atoms with Crippen LogP contribution in [-0.4, -0.2) is 49.7 Å². The van der Waals surface area contributed by atoms with E-state index in [1.54, 1.807) is 0 Å². The maximum atomic E-state index is 12.5. The summed E-state index contributed by atoms with van der Waals surface area (Å²) < 4.78 is 5.88. The number of hydrogen-bond donors (Lipinski definition) is 1. The molecule has 0 aliphatic carbocycles. The van der Waals surface area contributed by atoms with Gasteiger partial charge in [0, 0.05) is 19.7 Å². The molecule has 0 saturated carbocycles. The zero-order valence-corrected chi connectivity index (χ0v) is 12.4. The van der Waals surface area contributed by atoms with Crippen LogP contribution < -0.4 is 5.32 Å². The van der Waals surface area contributed by atoms with Gasteiger partial charge >= 0.3 is 0 Å². The lowest BCUT2D eigenvalue weighted by Gasteiger charge is -2.28. The molecule has 3 unspecified atom stereocenters. The summed E-state index contributed by atoms with van der Waals surface area (Å²) in [6.45, 7) is 4.77. The maximum absolute atomic E-state index is 12.5. The average Bonchev–Trinajstić information content (AvgIpc) is 2.73. The molecule has 0 aromatic heterocycles. The first-order valence-corrected chi connectivity index (χ1v) is 7.78. The number of likely N-dealkylation sites (tertiary alicyclic amines) is 1. The second-order valence-corrected chi connectivity index (χ2v) is 6.10. The topological polar surface area (TPSA) is 41.6 Å². The van der Waals surface area contributed by atoms with Crippen LogP contribution in [0.2, 0.25) is 0 Å². The number of carbonyl (C=O) groups excluding carboxylic acids is 1. The summed E-state index contributed by atoms with van der Waals surface area (Å²) in [7, 11) is 1.89. The van der Waals surface area contributed by atoms with Gasteiger partial charge < -0.3 is 15.0 Å². The van der Waals surface area contributed by atoms with Gasteiger partial charge in [-0.3, -0.25) is 4.79 Å². The molecule has 4 heteroatoms. The number of rotatable bonds is 3. The van der Waals surface area contributed by atoms with E-state index >= 15 is 0 Å². The summed E-state index contributed by atoms with van der Waals surface area (Å²) in [5.74, 6) is 0.876. The minimum Gasteiger partial charge on any atom is -0.376 e. The smallest absolute Gasteiger partial charge is 0.239 e. The van der Waals surface area contributed by atoms with Gasteiger partial charge in [-0.25, -0.2) is 0 Å². The van der Waals surface area contributed by atoms with Crippen LogP contribution in [0.3, 0.4) is 0 Å². The average molecular weight is 268 g/mol. The Morgan fingerprint density at radius 3 is 2.95 bits per heavy atom. The maximum Gasteiger partial charge on any atom is 0.239 e. The fraction of sp³-hybridized carbons (Fsp3) is 0.933. The Morgan fingerprint density at radius 1 is 1.32 bits per heavy atom. The molecule has 19 heavy (non-hydrogen) atoms. The van der Waals surface area contributed by atoms with Crippen molar-refractivity contribution < 1.29 is 9.53 Å². The molecule has 0 bridgehead atoms. The largest absolute Gasteiger partial charge is 0.376 e. The van der Waals surface area contributed by atoms with E-state index in [2.05, 4.69) is 12.2 Å². The minimum atomic E-state index is -0.0109. The first-order chi connectivity index (χ1) is 9.20. The molecular weight excluding hydrogens is 240 g/mol. The van der Waals surface area contributed by atoms with Crippen LogP contribution in [0, 0.1) is 5.92 Å². The van der Waals surface area contributed by atoms with Crippen LogP contribution in [0.5, 0.6) is 0 Å². The second-order valence-electron chi connectivity index (χ2n) is 6.10. The Hall–Kier alpha value is -0.610. The third-order valence-electron chi connectivity index (χ3n) is 4.44. The summed E-state index contributed by atoms with van der Waals surface area (Å²) in [6, 6.07) is -0.0109. The molecule has 0 spiro atoms. The Labute approximate surface area is 116 Å². The van der Waals surface area contributed by atoms with Gasteiger partial charge in [0.05, 0.1) is 12.1 Å². The fourth-order valence-electron chi connectivity index (χ4n) is 3.12. The molecule has 2 saturated heterocycles. The van der Waals surface area contributed by atoms with Crippen LogP contribution in [0.4, 0.5) is 0 Å². The highest BCUT2D eigenvalue weighted by molar-refractivity contribution is 5.82. The monoisotopic (exact) mass is 268 g/mol. The Balaban J connectivity index is 1.94. The molecule has 1 amide bonds. The highest BCUT2D eigenvalue weighted by Gasteiger charge is 2.30. The molecule has 110 valence electrons. The van der Waals surface area contributed by atoms with E-state index in [0.717, 1.165) is 39.0 Å². The van der Waals surface area contributed by atoms with E-state index in [4.69, 9.17) is 4.74 Å². The van der Waals surface area contributed by atoms with E-state index in [0.29, 0.717) is 5.92 Å². The Kier molecular flexibility index (Phi) is 5.64.